The maximum absolute atomic E-state index is 13.0. The molecular weight excluding hydrogens is 540 g/mol. The monoisotopic (exact) mass is 574 g/mol. The summed E-state index contributed by atoms with van der Waals surface area (Å²) in [6.07, 6.45) is 0. The minimum atomic E-state index is -4.05. The average molecular weight is 575 g/mol. The lowest BCUT2D eigenvalue weighted by atomic mass is 10.2. The van der Waals surface area contributed by atoms with Crippen LogP contribution in [0.1, 0.15) is 27.8 Å². The summed E-state index contributed by atoms with van der Waals surface area (Å²) in [6.45, 7) is 10.8. The second kappa shape index (κ2) is 11.6. The standard InChI is InChI=1S/C20H24N2O4S.C8H10O3S/c1-15-3-6-20(16(2)11-15)27(23,24)22-9-7-21(8-10-22)13-17-4-5-18-19(12-17)26-14-25-18;1-6-3-4-8(7(2)5-6)12(9,10)11/h3-6,11-12H,7-10,13-14H2,1-2H3;3-5H,1-2H3,(H,9,10,11). The van der Waals surface area contributed by atoms with E-state index in [1.165, 1.54) is 6.07 Å². The second-order valence-corrected chi connectivity index (χ2v) is 13.2. The van der Waals surface area contributed by atoms with Gasteiger partial charge in [-0.2, -0.15) is 12.7 Å². The van der Waals surface area contributed by atoms with Crippen LogP contribution >= 0.6 is 0 Å². The van der Waals surface area contributed by atoms with Crippen LogP contribution in [-0.4, -0.2) is 63.6 Å². The van der Waals surface area contributed by atoms with Gasteiger partial charge in [-0.25, -0.2) is 8.42 Å². The smallest absolute Gasteiger partial charge is 0.294 e. The Labute approximate surface area is 230 Å². The molecule has 0 aromatic heterocycles. The molecule has 3 aromatic rings. The number of ether oxygens (including phenoxy) is 2. The molecule has 9 nitrogen and oxygen atoms in total. The first kappa shape index (κ1) is 29.0. The SMILES string of the molecule is Cc1ccc(S(=O)(=O)N2CCN(Cc3ccc4c(c3)OCO4)CC2)c(C)c1.Cc1ccc(S(=O)(=O)O)c(C)c1. The molecule has 11 heteroatoms. The van der Waals surface area contributed by atoms with Crippen molar-refractivity contribution < 1.29 is 30.9 Å². The lowest BCUT2D eigenvalue weighted by Gasteiger charge is -2.34. The van der Waals surface area contributed by atoms with E-state index in [0.717, 1.165) is 40.3 Å². The van der Waals surface area contributed by atoms with E-state index < -0.39 is 20.1 Å². The number of hydrogen-bond acceptors (Lipinski definition) is 7. The first-order valence-electron chi connectivity index (χ1n) is 12.6. The van der Waals surface area contributed by atoms with Gasteiger partial charge in [-0.15, -0.1) is 0 Å². The van der Waals surface area contributed by atoms with Gasteiger partial charge >= 0.3 is 0 Å². The number of piperazine rings is 1. The molecule has 1 fully saturated rings. The van der Waals surface area contributed by atoms with Gasteiger partial charge in [-0.05, 0) is 68.7 Å². The Morgan fingerprint density at radius 1 is 0.718 bits per heavy atom. The van der Waals surface area contributed by atoms with Crippen LogP contribution in [-0.2, 0) is 26.7 Å². The number of aryl methyl sites for hydroxylation is 4. The van der Waals surface area contributed by atoms with Gasteiger partial charge in [0, 0.05) is 32.7 Å². The average Bonchev–Trinajstić information content (AvgIpc) is 3.32. The van der Waals surface area contributed by atoms with E-state index >= 15 is 0 Å². The Hall–Kier alpha value is -2.96. The van der Waals surface area contributed by atoms with E-state index in [4.69, 9.17) is 14.0 Å². The topological polar surface area (TPSA) is 113 Å². The summed E-state index contributed by atoms with van der Waals surface area (Å²) in [4.78, 5) is 2.66. The van der Waals surface area contributed by atoms with Crippen LogP contribution in [0.5, 0.6) is 11.5 Å². The number of rotatable bonds is 5. The highest BCUT2D eigenvalue weighted by Crippen LogP contribution is 2.33. The Morgan fingerprint density at radius 2 is 1.28 bits per heavy atom. The molecule has 1 saturated heterocycles. The van der Waals surface area contributed by atoms with E-state index in [1.807, 2.05) is 51.1 Å². The molecule has 1 N–H and O–H groups in total. The van der Waals surface area contributed by atoms with Crippen molar-refractivity contribution in [1.29, 1.82) is 0 Å². The Morgan fingerprint density at radius 3 is 1.85 bits per heavy atom. The molecule has 0 saturated carbocycles. The summed E-state index contributed by atoms with van der Waals surface area (Å²) >= 11 is 0. The summed E-state index contributed by atoms with van der Waals surface area (Å²) < 4.78 is 68.5. The number of benzene rings is 3. The normalized spacial score (nSPS) is 16.0. The highest BCUT2D eigenvalue weighted by atomic mass is 32.2. The molecule has 2 heterocycles. The van der Waals surface area contributed by atoms with E-state index in [1.54, 1.807) is 29.4 Å². The van der Waals surface area contributed by atoms with Crippen molar-refractivity contribution in [3.05, 3.63) is 82.4 Å². The quantitative estimate of drug-likeness (QED) is 0.454. The third kappa shape index (κ3) is 6.98. The molecule has 0 unspecified atom stereocenters. The van der Waals surface area contributed by atoms with Crippen molar-refractivity contribution in [2.24, 2.45) is 0 Å². The summed E-state index contributed by atoms with van der Waals surface area (Å²) in [5, 5.41) is 0. The van der Waals surface area contributed by atoms with Crippen LogP contribution in [0.15, 0.2) is 64.4 Å². The fourth-order valence-electron chi connectivity index (χ4n) is 4.74. The fourth-order valence-corrected chi connectivity index (χ4v) is 7.08. The highest BCUT2D eigenvalue weighted by molar-refractivity contribution is 7.89. The maximum atomic E-state index is 13.0. The first-order valence-corrected chi connectivity index (χ1v) is 15.5. The zero-order chi connectivity index (χ0) is 28.4. The number of hydrogen-bond donors (Lipinski definition) is 1. The zero-order valence-corrected chi connectivity index (χ0v) is 24.2. The van der Waals surface area contributed by atoms with E-state index in [2.05, 4.69) is 4.90 Å². The van der Waals surface area contributed by atoms with Crippen LogP contribution < -0.4 is 9.47 Å². The Kier molecular flexibility index (Phi) is 8.67. The van der Waals surface area contributed by atoms with E-state index in [-0.39, 0.29) is 11.7 Å². The van der Waals surface area contributed by atoms with Crippen molar-refractivity contribution in [1.82, 2.24) is 9.21 Å². The zero-order valence-electron chi connectivity index (χ0n) is 22.5. The molecule has 2 aliphatic rings. The van der Waals surface area contributed by atoms with Crippen molar-refractivity contribution in [2.75, 3.05) is 33.0 Å². The molecule has 3 aromatic carbocycles. The van der Waals surface area contributed by atoms with Crippen LogP contribution in [0.25, 0.3) is 0 Å². The lowest BCUT2D eigenvalue weighted by molar-refractivity contribution is 0.173. The summed E-state index contributed by atoms with van der Waals surface area (Å²) in [6, 6.07) is 16.2. The van der Waals surface area contributed by atoms with Crippen LogP contribution in [0.4, 0.5) is 0 Å². The largest absolute Gasteiger partial charge is 0.454 e. The van der Waals surface area contributed by atoms with Crippen molar-refractivity contribution in [3.8, 4) is 11.5 Å². The lowest BCUT2D eigenvalue weighted by Crippen LogP contribution is -2.48. The summed E-state index contributed by atoms with van der Waals surface area (Å²) in [7, 11) is -7.49. The molecule has 39 heavy (non-hydrogen) atoms. The van der Waals surface area contributed by atoms with Gasteiger partial charge in [0.2, 0.25) is 16.8 Å². The number of nitrogens with zero attached hydrogens (tertiary/aromatic N) is 2. The third-order valence-electron chi connectivity index (χ3n) is 6.73. The minimum absolute atomic E-state index is 0.0203. The molecule has 5 rings (SSSR count). The number of fused-ring (bicyclic) bond motifs is 1. The van der Waals surface area contributed by atoms with Crippen LogP contribution in [0.3, 0.4) is 0 Å². The predicted molar refractivity (Wildman–Crippen MR) is 148 cm³/mol. The predicted octanol–water partition coefficient (Wildman–Crippen LogP) is 4.09. The summed E-state index contributed by atoms with van der Waals surface area (Å²) in [5.74, 6) is 1.56. The van der Waals surface area contributed by atoms with Crippen molar-refractivity contribution in [2.45, 2.75) is 44.0 Å². The highest BCUT2D eigenvalue weighted by Gasteiger charge is 2.29. The van der Waals surface area contributed by atoms with Gasteiger partial charge < -0.3 is 9.47 Å². The van der Waals surface area contributed by atoms with Gasteiger partial charge in [-0.3, -0.25) is 9.45 Å². The van der Waals surface area contributed by atoms with Gasteiger partial charge in [0.15, 0.2) is 11.5 Å². The molecule has 0 spiro atoms. The second-order valence-electron chi connectivity index (χ2n) is 9.88. The molecule has 210 valence electrons. The maximum Gasteiger partial charge on any atom is 0.294 e. The third-order valence-corrected chi connectivity index (χ3v) is 9.80. The molecule has 0 radical (unpaired) electrons. The van der Waals surface area contributed by atoms with Gasteiger partial charge in [0.1, 0.15) is 0 Å². The van der Waals surface area contributed by atoms with Crippen molar-refractivity contribution in [3.63, 3.8) is 0 Å². The van der Waals surface area contributed by atoms with E-state index in [9.17, 15) is 16.8 Å². The molecule has 0 bridgehead atoms. The first-order chi connectivity index (χ1) is 18.3. The van der Waals surface area contributed by atoms with E-state index in [0.29, 0.717) is 36.6 Å². The Balaban J connectivity index is 0.000000247. The van der Waals surface area contributed by atoms with Gasteiger partial charge in [-0.1, -0.05) is 41.5 Å². The summed E-state index contributed by atoms with van der Waals surface area (Å²) in [5.41, 5.74) is 4.56. The fraction of sp³-hybridized carbons (Fsp3) is 0.357. The molecule has 0 atom stereocenters. The van der Waals surface area contributed by atoms with Gasteiger partial charge in [0.25, 0.3) is 10.1 Å². The molecule has 0 aliphatic carbocycles. The number of sulfonamides is 1. The van der Waals surface area contributed by atoms with Crippen LogP contribution in [0, 0.1) is 27.7 Å². The molecular formula is C28H34N2O7S2. The molecule has 2 aliphatic heterocycles. The molecule has 0 amide bonds. The van der Waals surface area contributed by atoms with Crippen molar-refractivity contribution >= 4 is 20.1 Å². The minimum Gasteiger partial charge on any atom is -0.454 e. The Bertz CT molecular complexity index is 1560. The van der Waals surface area contributed by atoms with Gasteiger partial charge in [0.05, 0.1) is 9.79 Å². The van der Waals surface area contributed by atoms with Crippen LogP contribution in [0.2, 0.25) is 0 Å².